The fourth-order valence-electron chi connectivity index (χ4n) is 1.06. The predicted molar refractivity (Wildman–Crippen MR) is 61.4 cm³/mol. The van der Waals surface area contributed by atoms with Crippen molar-refractivity contribution in [3.8, 4) is 0 Å². The van der Waals surface area contributed by atoms with Gasteiger partial charge in [-0.15, -0.1) is 0 Å². The lowest BCUT2D eigenvalue weighted by atomic mass is 10.1. The van der Waals surface area contributed by atoms with Gasteiger partial charge in [-0.1, -0.05) is 52.9 Å². The summed E-state index contributed by atoms with van der Waals surface area (Å²) in [5.74, 6) is 0. The molecule has 0 saturated heterocycles. The predicted octanol–water partition coefficient (Wildman–Crippen LogP) is 3.07. The molecule has 0 aliphatic heterocycles. The van der Waals surface area contributed by atoms with Crippen LogP contribution in [0.3, 0.4) is 0 Å². The smallest absolute Gasteiger partial charge is 0.0184 e. The van der Waals surface area contributed by atoms with E-state index in [2.05, 4.69) is 22.5 Å². The van der Waals surface area contributed by atoms with E-state index in [4.69, 9.17) is 5.73 Å². The third-order valence-electron chi connectivity index (χ3n) is 1.72. The molecule has 1 aromatic rings. The average Bonchev–Trinajstić information content (AvgIpc) is 2.15. The number of benzene rings is 1. The molecule has 68 valence electrons. The molecule has 0 spiro atoms. The lowest BCUT2D eigenvalue weighted by Gasteiger charge is -2.01. The largest absolute Gasteiger partial charge is 0.326 e. The van der Waals surface area contributed by atoms with E-state index < -0.39 is 0 Å². The van der Waals surface area contributed by atoms with Crippen LogP contribution in [0.25, 0.3) is 6.08 Å². The van der Waals surface area contributed by atoms with E-state index in [1.807, 2.05) is 36.4 Å². The second-order valence-electron chi connectivity index (χ2n) is 2.68. The number of hydrogen-bond donors (Lipinski definition) is 1. The highest BCUT2D eigenvalue weighted by atomic mass is 79.9. The van der Waals surface area contributed by atoms with Crippen molar-refractivity contribution in [3.63, 3.8) is 0 Å². The molecule has 1 rings (SSSR count). The quantitative estimate of drug-likeness (QED) is 0.804. The topological polar surface area (TPSA) is 26.0 Å². The molecule has 0 radical (unpaired) electrons. The minimum Gasteiger partial charge on any atom is -0.326 e. The fraction of sp³-hybridized carbons (Fsp3) is 0.0909. The van der Waals surface area contributed by atoms with Gasteiger partial charge >= 0.3 is 0 Å². The molecular formula is C11H12BrN. The van der Waals surface area contributed by atoms with Crippen LogP contribution >= 0.6 is 15.9 Å². The van der Waals surface area contributed by atoms with Crippen LogP contribution in [-0.2, 0) is 6.54 Å². The normalized spacial score (nSPS) is 10.6. The zero-order chi connectivity index (χ0) is 9.68. The second kappa shape index (κ2) is 5.00. The Labute approximate surface area is 87.1 Å². The Balaban J connectivity index is 2.93. The minimum atomic E-state index is 0.565. The van der Waals surface area contributed by atoms with E-state index >= 15 is 0 Å². The number of rotatable bonds is 3. The summed E-state index contributed by atoms with van der Waals surface area (Å²) < 4.78 is 0.860. The third-order valence-corrected chi connectivity index (χ3v) is 1.98. The van der Waals surface area contributed by atoms with Crippen molar-refractivity contribution in [3.05, 3.63) is 52.5 Å². The van der Waals surface area contributed by atoms with Gasteiger partial charge in [0.1, 0.15) is 0 Å². The first-order valence-corrected chi connectivity index (χ1v) is 4.84. The third kappa shape index (κ3) is 3.17. The van der Waals surface area contributed by atoms with E-state index in [0.717, 1.165) is 15.6 Å². The molecule has 2 heteroatoms. The first-order valence-electron chi connectivity index (χ1n) is 4.04. The zero-order valence-corrected chi connectivity index (χ0v) is 8.92. The Morgan fingerprint density at radius 2 is 2.15 bits per heavy atom. The van der Waals surface area contributed by atoms with Crippen LogP contribution in [0.5, 0.6) is 0 Å². The lowest BCUT2D eigenvalue weighted by Crippen LogP contribution is -1.97. The van der Waals surface area contributed by atoms with Gasteiger partial charge < -0.3 is 5.73 Å². The Hall–Kier alpha value is -0.860. The van der Waals surface area contributed by atoms with Crippen LogP contribution in [-0.4, -0.2) is 0 Å². The summed E-state index contributed by atoms with van der Waals surface area (Å²) in [6.45, 7) is 4.29. The van der Waals surface area contributed by atoms with Crippen molar-refractivity contribution >= 4 is 22.0 Å². The maximum atomic E-state index is 5.59. The van der Waals surface area contributed by atoms with Crippen molar-refractivity contribution in [1.82, 2.24) is 0 Å². The molecule has 0 aromatic heterocycles. The summed E-state index contributed by atoms with van der Waals surface area (Å²) in [6.07, 6.45) is 3.91. The molecule has 0 unspecified atom stereocenters. The summed E-state index contributed by atoms with van der Waals surface area (Å²) in [5.41, 5.74) is 7.88. The first-order chi connectivity index (χ1) is 6.24. The van der Waals surface area contributed by atoms with Crippen LogP contribution in [0.4, 0.5) is 0 Å². The first kappa shape index (κ1) is 10.2. The molecule has 0 heterocycles. The fourth-order valence-corrected chi connectivity index (χ4v) is 1.20. The van der Waals surface area contributed by atoms with Gasteiger partial charge in [-0.05, 0) is 17.2 Å². The molecule has 0 aliphatic rings. The van der Waals surface area contributed by atoms with Gasteiger partial charge in [-0.3, -0.25) is 0 Å². The Kier molecular flexibility index (Phi) is 3.93. The molecule has 0 atom stereocenters. The molecule has 0 saturated carbocycles. The molecule has 0 aliphatic carbocycles. The molecule has 1 nitrogen and oxygen atoms in total. The highest BCUT2D eigenvalue weighted by molar-refractivity contribution is 9.11. The highest BCUT2D eigenvalue weighted by Gasteiger charge is 1.94. The van der Waals surface area contributed by atoms with Gasteiger partial charge in [0.15, 0.2) is 0 Å². The second-order valence-corrected chi connectivity index (χ2v) is 3.70. The van der Waals surface area contributed by atoms with E-state index in [1.54, 1.807) is 0 Å². The van der Waals surface area contributed by atoms with Crippen LogP contribution in [0, 0.1) is 0 Å². The van der Waals surface area contributed by atoms with E-state index in [0.29, 0.717) is 6.54 Å². The average molecular weight is 238 g/mol. The molecular weight excluding hydrogens is 226 g/mol. The van der Waals surface area contributed by atoms with Gasteiger partial charge in [0.05, 0.1) is 0 Å². The summed E-state index contributed by atoms with van der Waals surface area (Å²) in [4.78, 5) is 0. The summed E-state index contributed by atoms with van der Waals surface area (Å²) >= 11 is 3.27. The standard InChI is InChI=1S/C11H12BrN/c1-9(12)6-7-10-4-2-3-5-11(10)8-13/h2-7H,1,8,13H2/b7-6-. The molecule has 13 heavy (non-hydrogen) atoms. The maximum absolute atomic E-state index is 5.59. The van der Waals surface area contributed by atoms with Gasteiger partial charge in [0.2, 0.25) is 0 Å². The zero-order valence-electron chi connectivity index (χ0n) is 7.33. The highest BCUT2D eigenvalue weighted by Crippen LogP contribution is 2.12. The van der Waals surface area contributed by atoms with Crippen molar-refractivity contribution in [2.75, 3.05) is 0 Å². The van der Waals surface area contributed by atoms with Crippen molar-refractivity contribution in [2.45, 2.75) is 6.54 Å². The van der Waals surface area contributed by atoms with E-state index in [-0.39, 0.29) is 0 Å². The van der Waals surface area contributed by atoms with Crippen LogP contribution in [0.15, 0.2) is 41.4 Å². The molecule has 0 bridgehead atoms. The Bertz CT molecular complexity index is 329. The maximum Gasteiger partial charge on any atom is 0.0184 e. The number of halogens is 1. The van der Waals surface area contributed by atoms with Crippen LogP contribution in [0.1, 0.15) is 11.1 Å². The van der Waals surface area contributed by atoms with Crippen molar-refractivity contribution < 1.29 is 0 Å². The summed E-state index contributed by atoms with van der Waals surface area (Å²) in [7, 11) is 0. The molecule has 0 amide bonds. The number of hydrogen-bond acceptors (Lipinski definition) is 1. The lowest BCUT2D eigenvalue weighted by molar-refractivity contribution is 1.07. The number of allylic oxidation sites excluding steroid dienone is 2. The van der Waals surface area contributed by atoms with Crippen LogP contribution < -0.4 is 5.73 Å². The summed E-state index contributed by atoms with van der Waals surface area (Å²) in [5, 5.41) is 0. The van der Waals surface area contributed by atoms with Gasteiger partial charge in [0, 0.05) is 11.0 Å². The SMILES string of the molecule is C=C(Br)/C=C\c1ccccc1CN. The van der Waals surface area contributed by atoms with Gasteiger partial charge in [0.25, 0.3) is 0 Å². The van der Waals surface area contributed by atoms with E-state index in [1.165, 1.54) is 0 Å². The van der Waals surface area contributed by atoms with E-state index in [9.17, 15) is 0 Å². The van der Waals surface area contributed by atoms with Gasteiger partial charge in [-0.25, -0.2) is 0 Å². The van der Waals surface area contributed by atoms with Crippen molar-refractivity contribution in [2.24, 2.45) is 5.73 Å². The van der Waals surface area contributed by atoms with Gasteiger partial charge in [-0.2, -0.15) is 0 Å². The summed E-state index contributed by atoms with van der Waals surface area (Å²) in [6, 6.07) is 8.05. The molecule has 1 aromatic carbocycles. The Morgan fingerprint density at radius 1 is 1.46 bits per heavy atom. The molecule has 0 fully saturated rings. The van der Waals surface area contributed by atoms with Crippen molar-refractivity contribution in [1.29, 1.82) is 0 Å². The number of nitrogens with two attached hydrogens (primary N) is 1. The molecule has 2 N–H and O–H groups in total. The van der Waals surface area contributed by atoms with Crippen LogP contribution in [0.2, 0.25) is 0 Å². The monoisotopic (exact) mass is 237 g/mol. The Morgan fingerprint density at radius 3 is 2.77 bits per heavy atom. The minimum absolute atomic E-state index is 0.565.